The van der Waals surface area contributed by atoms with E-state index in [-0.39, 0.29) is 23.6 Å². The fourth-order valence-corrected chi connectivity index (χ4v) is 3.38. The van der Waals surface area contributed by atoms with Gasteiger partial charge in [-0.15, -0.1) is 0 Å². The van der Waals surface area contributed by atoms with Crippen molar-refractivity contribution in [1.29, 1.82) is 0 Å². The summed E-state index contributed by atoms with van der Waals surface area (Å²) in [7, 11) is 0. The summed E-state index contributed by atoms with van der Waals surface area (Å²) in [4.78, 5) is 12.2. The first-order valence-corrected chi connectivity index (χ1v) is 7.78. The molecule has 6 heteroatoms. The molecule has 0 aliphatic heterocycles. The SMILES string of the molecule is O=C(NCC(Br)C1CC1)C1CCCC(C(F)(F)F)C1. The number of halogens is 4. The molecule has 2 fully saturated rings. The minimum Gasteiger partial charge on any atom is -0.355 e. The number of nitrogens with one attached hydrogen (secondary N) is 1. The molecule has 0 heterocycles. The van der Waals surface area contributed by atoms with Crippen LogP contribution in [0.3, 0.4) is 0 Å². The van der Waals surface area contributed by atoms with Crippen LogP contribution < -0.4 is 5.32 Å². The Morgan fingerprint density at radius 1 is 1.26 bits per heavy atom. The second-order valence-corrected chi connectivity index (χ2v) is 6.88. The summed E-state index contributed by atoms with van der Waals surface area (Å²) >= 11 is 3.51. The van der Waals surface area contributed by atoms with Gasteiger partial charge in [0, 0.05) is 17.3 Å². The molecule has 2 aliphatic rings. The Morgan fingerprint density at radius 2 is 1.95 bits per heavy atom. The van der Waals surface area contributed by atoms with Crippen LogP contribution in [-0.4, -0.2) is 23.5 Å². The Morgan fingerprint density at radius 3 is 2.53 bits per heavy atom. The van der Waals surface area contributed by atoms with Crippen LogP contribution in [0.25, 0.3) is 0 Å². The lowest BCUT2D eigenvalue weighted by molar-refractivity contribution is -0.186. The minimum absolute atomic E-state index is 0.0499. The highest BCUT2D eigenvalue weighted by Crippen LogP contribution is 2.40. The summed E-state index contributed by atoms with van der Waals surface area (Å²) in [5.41, 5.74) is 0. The Balaban J connectivity index is 1.78. The maximum Gasteiger partial charge on any atom is 0.391 e. The second-order valence-electron chi connectivity index (χ2n) is 5.70. The number of carbonyl (C=O) groups excluding carboxylic acids is 1. The highest BCUT2D eigenvalue weighted by molar-refractivity contribution is 9.09. The molecule has 3 atom stereocenters. The first-order chi connectivity index (χ1) is 8.88. The van der Waals surface area contributed by atoms with Crippen molar-refractivity contribution in [3.63, 3.8) is 0 Å². The molecule has 3 unspecified atom stereocenters. The molecule has 110 valence electrons. The molecule has 0 spiro atoms. The number of hydrogen-bond acceptors (Lipinski definition) is 1. The summed E-state index contributed by atoms with van der Waals surface area (Å²) in [5, 5.41) is 2.79. The number of alkyl halides is 4. The van der Waals surface area contributed by atoms with E-state index in [0.29, 0.717) is 25.3 Å². The molecule has 0 aromatic carbocycles. The molecular formula is C13H19BrF3NO. The molecule has 2 rings (SSSR count). The molecule has 0 saturated heterocycles. The molecule has 1 N–H and O–H groups in total. The van der Waals surface area contributed by atoms with Crippen molar-refractivity contribution >= 4 is 21.8 Å². The fourth-order valence-electron chi connectivity index (χ4n) is 2.69. The van der Waals surface area contributed by atoms with Gasteiger partial charge in [-0.25, -0.2) is 0 Å². The van der Waals surface area contributed by atoms with Gasteiger partial charge in [0.1, 0.15) is 0 Å². The third-order valence-electron chi connectivity index (χ3n) is 4.11. The molecular weight excluding hydrogens is 323 g/mol. The zero-order valence-electron chi connectivity index (χ0n) is 10.7. The fraction of sp³-hybridized carbons (Fsp3) is 0.923. The van der Waals surface area contributed by atoms with E-state index in [0.717, 1.165) is 0 Å². The summed E-state index contributed by atoms with van der Waals surface area (Å²) in [6, 6.07) is 0. The van der Waals surface area contributed by atoms with Crippen LogP contribution in [0.1, 0.15) is 38.5 Å². The van der Waals surface area contributed by atoms with Gasteiger partial charge in [0.15, 0.2) is 0 Å². The average molecular weight is 342 g/mol. The normalized spacial score (nSPS) is 29.9. The van der Waals surface area contributed by atoms with Gasteiger partial charge in [-0.3, -0.25) is 4.79 Å². The van der Waals surface area contributed by atoms with E-state index in [1.807, 2.05) is 0 Å². The Kier molecular flexibility index (Phi) is 4.79. The largest absolute Gasteiger partial charge is 0.391 e. The third-order valence-corrected chi connectivity index (χ3v) is 5.18. The highest BCUT2D eigenvalue weighted by atomic mass is 79.9. The van der Waals surface area contributed by atoms with Crippen LogP contribution in [0.2, 0.25) is 0 Å². The van der Waals surface area contributed by atoms with Gasteiger partial charge in [-0.2, -0.15) is 13.2 Å². The maximum absolute atomic E-state index is 12.7. The van der Waals surface area contributed by atoms with Gasteiger partial charge < -0.3 is 5.32 Å². The van der Waals surface area contributed by atoms with Gasteiger partial charge in [0.25, 0.3) is 0 Å². The van der Waals surface area contributed by atoms with Crippen LogP contribution in [0.5, 0.6) is 0 Å². The molecule has 0 radical (unpaired) electrons. The highest BCUT2D eigenvalue weighted by Gasteiger charge is 2.43. The zero-order valence-corrected chi connectivity index (χ0v) is 12.3. The van der Waals surface area contributed by atoms with Crippen molar-refractivity contribution < 1.29 is 18.0 Å². The first-order valence-electron chi connectivity index (χ1n) is 6.86. The summed E-state index contributed by atoms with van der Waals surface area (Å²) in [5.74, 6) is -1.37. The van der Waals surface area contributed by atoms with Gasteiger partial charge in [-0.05, 0) is 38.0 Å². The van der Waals surface area contributed by atoms with Crippen LogP contribution in [0.15, 0.2) is 0 Å². The van der Waals surface area contributed by atoms with Crippen molar-refractivity contribution in [2.24, 2.45) is 17.8 Å². The summed E-state index contributed by atoms with van der Waals surface area (Å²) in [6.45, 7) is 0.524. The second kappa shape index (κ2) is 6.02. The van der Waals surface area contributed by atoms with Crippen LogP contribution in [0, 0.1) is 17.8 Å². The van der Waals surface area contributed by atoms with E-state index < -0.39 is 18.0 Å². The maximum atomic E-state index is 12.7. The Hall–Kier alpha value is -0.260. The molecule has 2 aliphatic carbocycles. The number of hydrogen-bond donors (Lipinski definition) is 1. The molecule has 2 saturated carbocycles. The van der Waals surface area contributed by atoms with E-state index in [1.54, 1.807) is 0 Å². The van der Waals surface area contributed by atoms with Crippen LogP contribution in [0.4, 0.5) is 13.2 Å². The van der Waals surface area contributed by atoms with Crippen molar-refractivity contribution in [3.8, 4) is 0 Å². The van der Waals surface area contributed by atoms with Gasteiger partial charge in [0.05, 0.1) is 5.92 Å². The smallest absolute Gasteiger partial charge is 0.355 e. The van der Waals surface area contributed by atoms with Crippen LogP contribution >= 0.6 is 15.9 Å². The zero-order chi connectivity index (χ0) is 14.0. The van der Waals surface area contributed by atoms with E-state index in [1.165, 1.54) is 12.8 Å². The van der Waals surface area contributed by atoms with Crippen LogP contribution in [-0.2, 0) is 4.79 Å². The Labute approximate surface area is 119 Å². The number of rotatable bonds is 4. The lowest BCUT2D eigenvalue weighted by atomic mass is 9.80. The van der Waals surface area contributed by atoms with E-state index in [2.05, 4.69) is 21.2 Å². The van der Waals surface area contributed by atoms with E-state index >= 15 is 0 Å². The topological polar surface area (TPSA) is 29.1 Å². The van der Waals surface area contributed by atoms with E-state index in [4.69, 9.17) is 0 Å². The average Bonchev–Trinajstić information content (AvgIpc) is 3.19. The van der Waals surface area contributed by atoms with Gasteiger partial charge in [0.2, 0.25) is 5.91 Å². The first kappa shape index (κ1) is 15.1. The monoisotopic (exact) mass is 341 g/mol. The molecule has 19 heavy (non-hydrogen) atoms. The Bertz CT molecular complexity index is 330. The predicted octanol–water partition coefficient (Wildman–Crippen LogP) is 3.64. The molecule has 0 bridgehead atoms. The standard InChI is InChI=1S/C13H19BrF3NO/c14-11(8-4-5-8)7-18-12(19)9-2-1-3-10(6-9)13(15,16)17/h8-11H,1-7H2,(H,18,19). The third kappa shape index (κ3) is 4.36. The predicted molar refractivity (Wildman–Crippen MR) is 70.0 cm³/mol. The molecule has 0 aromatic heterocycles. The van der Waals surface area contributed by atoms with Crippen molar-refractivity contribution in [2.75, 3.05) is 6.54 Å². The summed E-state index contributed by atoms with van der Waals surface area (Å²) < 4.78 is 38.0. The summed E-state index contributed by atoms with van der Waals surface area (Å²) in [6.07, 6.45) is -0.638. The van der Waals surface area contributed by atoms with E-state index in [9.17, 15) is 18.0 Å². The lowest BCUT2D eigenvalue weighted by Gasteiger charge is -2.29. The number of amides is 1. The molecule has 0 aromatic rings. The van der Waals surface area contributed by atoms with Crippen molar-refractivity contribution in [1.82, 2.24) is 5.32 Å². The quantitative estimate of drug-likeness (QED) is 0.777. The molecule has 2 nitrogen and oxygen atoms in total. The lowest BCUT2D eigenvalue weighted by Crippen LogP contribution is -2.39. The molecule has 1 amide bonds. The number of carbonyl (C=O) groups is 1. The van der Waals surface area contributed by atoms with Crippen molar-refractivity contribution in [3.05, 3.63) is 0 Å². The van der Waals surface area contributed by atoms with Crippen molar-refractivity contribution in [2.45, 2.75) is 49.5 Å². The van der Waals surface area contributed by atoms with Gasteiger partial charge in [-0.1, -0.05) is 22.4 Å². The van der Waals surface area contributed by atoms with Gasteiger partial charge >= 0.3 is 6.18 Å². The minimum atomic E-state index is -4.16.